The number of likely N-dealkylation sites (N-methyl/N-ethyl adjacent to an activating group) is 1. The number of rotatable bonds is 2. The molecule has 1 atom stereocenters. The number of anilines is 1. The lowest BCUT2D eigenvalue weighted by molar-refractivity contribution is 0.183. The highest BCUT2D eigenvalue weighted by atomic mass is 19.1. The molecular weight excluding hydrogens is 205 g/mol. The average Bonchev–Trinajstić information content (AvgIpc) is 2.31. The molecule has 2 rings (SSSR count). The van der Waals surface area contributed by atoms with Crippen molar-refractivity contribution >= 4 is 5.69 Å². The van der Waals surface area contributed by atoms with E-state index in [0.29, 0.717) is 0 Å². The summed E-state index contributed by atoms with van der Waals surface area (Å²) in [5.74, 6) is 0. The summed E-state index contributed by atoms with van der Waals surface area (Å²) in [6.45, 7) is 4.28. The third-order valence-electron chi connectivity index (χ3n) is 3.22. The van der Waals surface area contributed by atoms with Crippen LogP contribution < -0.4 is 4.90 Å². The molecule has 0 spiro atoms. The smallest absolute Gasteiger partial charge is 0.107 e. The van der Waals surface area contributed by atoms with Crippen molar-refractivity contribution in [2.75, 3.05) is 38.3 Å². The number of halogens is 1. The van der Waals surface area contributed by atoms with Gasteiger partial charge in [0.2, 0.25) is 0 Å². The first-order valence-electron chi connectivity index (χ1n) is 5.64. The third-order valence-corrected chi connectivity index (χ3v) is 3.22. The van der Waals surface area contributed by atoms with Gasteiger partial charge in [0, 0.05) is 25.3 Å². The van der Waals surface area contributed by atoms with E-state index in [9.17, 15) is 4.39 Å². The summed E-state index contributed by atoms with van der Waals surface area (Å²) in [5.41, 5.74) is 2.11. The van der Waals surface area contributed by atoms with Gasteiger partial charge in [0.1, 0.15) is 6.67 Å². The van der Waals surface area contributed by atoms with Crippen molar-refractivity contribution in [3.05, 3.63) is 24.0 Å². The Bertz CT molecular complexity index is 339. The highest BCUT2D eigenvalue weighted by molar-refractivity contribution is 5.45. The number of piperazine rings is 1. The summed E-state index contributed by atoms with van der Waals surface area (Å²) in [6, 6.07) is 4.07. The molecule has 1 aromatic heterocycles. The van der Waals surface area contributed by atoms with Gasteiger partial charge >= 0.3 is 0 Å². The quantitative estimate of drug-likeness (QED) is 0.757. The molecule has 1 unspecified atom stereocenters. The minimum atomic E-state index is -0.285. The number of pyridine rings is 1. The Labute approximate surface area is 95.9 Å². The van der Waals surface area contributed by atoms with Crippen LogP contribution in [0, 0.1) is 6.92 Å². The summed E-state index contributed by atoms with van der Waals surface area (Å²) in [7, 11) is 1.98. The van der Waals surface area contributed by atoms with Gasteiger partial charge in [-0.1, -0.05) is 0 Å². The molecule has 16 heavy (non-hydrogen) atoms. The maximum absolute atomic E-state index is 12.8. The van der Waals surface area contributed by atoms with Crippen molar-refractivity contribution in [1.82, 2.24) is 9.88 Å². The van der Waals surface area contributed by atoms with Crippen LogP contribution in [0.3, 0.4) is 0 Å². The molecule has 1 saturated heterocycles. The fraction of sp³-hybridized carbons (Fsp3) is 0.583. The fourth-order valence-corrected chi connectivity index (χ4v) is 1.99. The number of nitrogens with zero attached hydrogens (tertiary/aromatic N) is 3. The van der Waals surface area contributed by atoms with Crippen LogP contribution in [0.25, 0.3) is 0 Å². The molecule has 4 heteroatoms. The fourth-order valence-electron chi connectivity index (χ4n) is 1.99. The van der Waals surface area contributed by atoms with E-state index in [1.54, 1.807) is 0 Å². The predicted octanol–water partition coefficient (Wildman–Crippen LogP) is 1.48. The first-order valence-corrected chi connectivity index (χ1v) is 5.64. The molecular formula is C12H18FN3. The monoisotopic (exact) mass is 223 g/mol. The molecule has 0 aliphatic carbocycles. The summed E-state index contributed by atoms with van der Waals surface area (Å²) in [6.07, 6.45) is 1.87. The van der Waals surface area contributed by atoms with Crippen molar-refractivity contribution in [1.29, 1.82) is 0 Å². The van der Waals surface area contributed by atoms with Crippen LogP contribution in [-0.4, -0.2) is 49.3 Å². The second-order valence-electron chi connectivity index (χ2n) is 4.39. The van der Waals surface area contributed by atoms with E-state index in [2.05, 4.69) is 20.9 Å². The Hall–Kier alpha value is -1.16. The van der Waals surface area contributed by atoms with E-state index in [1.807, 2.05) is 26.2 Å². The minimum absolute atomic E-state index is 0.00931. The Morgan fingerprint density at radius 2 is 2.25 bits per heavy atom. The van der Waals surface area contributed by atoms with Crippen LogP contribution in [0.4, 0.5) is 10.1 Å². The first kappa shape index (κ1) is 11.3. The Kier molecular flexibility index (Phi) is 3.39. The van der Waals surface area contributed by atoms with Gasteiger partial charge in [-0.25, -0.2) is 4.39 Å². The van der Waals surface area contributed by atoms with Gasteiger partial charge in [-0.05, 0) is 26.1 Å². The predicted molar refractivity (Wildman–Crippen MR) is 63.6 cm³/mol. The van der Waals surface area contributed by atoms with E-state index in [-0.39, 0.29) is 12.7 Å². The molecule has 1 aliphatic rings. The Morgan fingerprint density at radius 3 is 2.88 bits per heavy atom. The lowest BCUT2D eigenvalue weighted by atomic mass is 10.2. The minimum Gasteiger partial charge on any atom is -0.367 e. The van der Waals surface area contributed by atoms with Crippen LogP contribution in [0.15, 0.2) is 18.3 Å². The van der Waals surface area contributed by atoms with Crippen LogP contribution in [-0.2, 0) is 0 Å². The number of aromatic nitrogens is 1. The summed E-state index contributed by atoms with van der Waals surface area (Å²) < 4.78 is 12.8. The Balaban J connectivity index is 2.08. The zero-order valence-electron chi connectivity index (χ0n) is 9.86. The lowest BCUT2D eigenvalue weighted by Crippen LogP contribution is -2.52. The summed E-state index contributed by atoms with van der Waals surface area (Å²) >= 11 is 0. The molecule has 0 saturated carbocycles. The van der Waals surface area contributed by atoms with E-state index in [4.69, 9.17) is 0 Å². The van der Waals surface area contributed by atoms with Crippen molar-refractivity contribution in [3.8, 4) is 0 Å². The third kappa shape index (κ3) is 2.32. The van der Waals surface area contributed by atoms with Crippen molar-refractivity contribution < 1.29 is 4.39 Å². The lowest BCUT2D eigenvalue weighted by Gasteiger charge is -2.39. The molecule has 1 aliphatic heterocycles. The van der Waals surface area contributed by atoms with Crippen LogP contribution >= 0.6 is 0 Å². The first-order chi connectivity index (χ1) is 7.70. The highest BCUT2D eigenvalue weighted by Gasteiger charge is 2.24. The SMILES string of the molecule is Cc1ccc(N2CCN(C)C(CF)C2)cn1. The van der Waals surface area contributed by atoms with Gasteiger partial charge in [0.25, 0.3) is 0 Å². The number of hydrogen-bond donors (Lipinski definition) is 0. The number of aryl methyl sites for hydroxylation is 1. The topological polar surface area (TPSA) is 19.4 Å². The Morgan fingerprint density at radius 1 is 1.44 bits per heavy atom. The number of hydrogen-bond acceptors (Lipinski definition) is 3. The maximum atomic E-state index is 12.8. The largest absolute Gasteiger partial charge is 0.367 e. The van der Waals surface area contributed by atoms with Gasteiger partial charge in [-0.3, -0.25) is 9.88 Å². The molecule has 88 valence electrons. The average molecular weight is 223 g/mol. The van der Waals surface area contributed by atoms with Gasteiger partial charge in [-0.15, -0.1) is 0 Å². The van der Waals surface area contributed by atoms with Gasteiger partial charge in [0.15, 0.2) is 0 Å². The molecule has 2 heterocycles. The second kappa shape index (κ2) is 4.78. The zero-order valence-corrected chi connectivity index (χ0v) is 9.86. The molecule has 1 fully saturated rings. The van der Waals surface area contributed by atoms with Crippen LogP contribution in [0.1, 0.15) is 5.69 Å². The normalized spacial score (nSPS) is 22.4. The molecule has 1 aromatic rings. The van der Waals surface area contributed by atoms with Gasteiger partial charge < -0.3 is 4.90 Å². The molecule has 0 amide bonds. The number of alkyl halides is 1. The van der Waals surface area contributed by atoms with Crippen LogP contribution in [0.5, 0.6) is 0 Å². The maximum Gasteiger partial charge on any atom is 0.107 e. The van der Waals surface area contributed by atoms with E-state index >= 15 is 0 Å². The van der Waals surface area contributed by atoms with Crippen molar-refractivity contribution in [2.24, 2.45) is 0 Å². The second-order valence-corrected chi connectivity index (χ2v) is 4.39. The van der Waals surface area contributed by atoms with E-state index in [1.165, 1.54) is 0 Å². The van der Waals surface area contributed by atoms with E-state index in [0.717, 1.165) is 31.0 Å². The van der Waals surface area contributed by atoms with Gasteiger partial charge in [-0.2, -0.15) is 0 Å². The van der Waals surface area contributed by atoms with Crippen molar-refractivity contribution in [3.63, 3.8) is 0 Å². The van der Waals surface area contributed by atoms with Crippen LogP contribution in [0.2, 0.25) is 0 Å². The molecule has 3 nitrogen and oxygen atoms in total. The van der Waals surface area contributed by atoms with E-state index < -0.39 is 0 Å². The standard InChI is InChI=1S/C12H18FN3/c1-10-3-4-11(8-14-10)16-6-5-15(2)12(7-13)9-16/h3-4,8,12H,5-7,9H2,1-2H3. The molecule has 0 aromatic carbocycles. The zero-order chi connectivity index (χ0) is 11.5. The summed E-state index contributed by atoms with van der Waals surface area (Å²) in [4.78, 5) is 8.56. The van der Waals surface area contributed by atoms with Gasteiger partial charge in [0.05, 0.1) is 17.9 Å². The molecule has 0 N–H and O–H groups in total. The highest BCUT2D eigenvalue weighted by Crippen LogP contribution is 2.17. The van der Waals surface area contributed by atoms with Crippen molar-refractivity contribution in [2.45, 2.75) is 13.0 Å². The summed E-state index contributed by atoms with van der Waals surface area (Å²) in [5, 5.41) is 0. The molecule has 0 radical (unpaired) electrons. The molecule has 0 bridgehead atoms.